The fraction of sp³-hybridized carbons (Fsp3) is 0.231. The number of halogens is 5. The predicted octanol–water partition coefficient (Wildman–Crippen LogP) is 5.27. The van der Waals surface area contributed by atoms with Gasteiger partial charge in [0.25, 0.3) is 6.43 Å². The minimum absolute atomic E-state index is 0.0131. The Labute approximate surface area is 138 Å². The third kappa shape index (κ3) is 4.66. The second kappa shape index (κ2) is 7.89. The van der Waals surface area contributed by atoms with E-state index in [0.29, 0.717) is 9.92 Å². The molecule has 118 valence electrons. The van der Waals surface area contributed by atoms with Crippen molar-refractivity contribution in [2.45, 2.75) is 17.5 Å². The van der Waals surface area contributed by atoms with Gasteiger partial charge in [0.05, 0.1) is 27.3 Å². The van der Waals surface area contributed by atoms with Crippen LogP contribution >= 0.6 is 35.0 Å². The lowest BCUT2D eigenvalue weighted by atomic mass is 10.3. The van der Waals surface area contributed by atoms with Crippen LogP contribution in [0.4, 0.5) is 13.2 Å². The van der Waals surface area contributed by atoms with E-state index in [1.54, 1.807) is 18.2 Å². The number of hydrogen-bond acceptors (Lipinski definition) is 4. The maximum atomic E-state index is 13.1. The lowest BCUT2D eigenvalue weighted by Crippen LogP contribution is -2.14. The zero-order chi connectivity index (χ0) is 16.1. The molecular formula is C13H9Cl2F3N2OS. The first-order valence-corrected chi connectivity index (χ1v) is 7.70. The maximum Gasteiger partial charge on any atom is 0.321 e. The van der Waals surface area contributed by atoms with E-state index in [9.17, 15) is 13.2 Å². The smallest absolute Gasteiger partial charge is 0.321 e. The number of ether oxygens (including phenoxy) is 1. The molecule has 0 N–H and O–H groups in total. The van der Waals surface area contributed by atoms with Crippen LogP contribution in [0.1, 0.15) is 0 Å². The second-order valence-electron chi connectivity index (χ2n) is 4.01. The Morgan fingerprint density at radius 2 is 1.82 bits per heavy atom. The van der Waals surface area contributed by atoms with Gasteiger partial charge in [-0.2, -0.15) is 0 Å². The van der Waals surface area contributed by atoms with E-state index < -0.39 is 18.3 Å². The van der Waals surface area contributed by atoms with Crippen LogP contribution in [0.25, 0.3) is 0 Å². The van der Waals surface area contributed by atoms with Gasteiger partial charge in [0.15, 0.2) is 6.17 Å². The Morgan fingerprint density at radius 3 is 2.45 bits per heavy atom. The summed E-state index contributed by atoms with van der Waals surface area (Å²) in [5.74, 6) is -0.194. The van der Waals surface area contributed by atoms with Gasteiger partial charge in [0.1, 0.15) is 5.75 Å². The average molecular weight is 369 g/mol. The van der Waals surface area contributed by atoms with Crippen molar-refractivity contribution >= 4 is 35.0 Å². The summed E-state index contributed by atoms with van der Waals surface area (Å²) in [4.78, 5) is 8.05. The summed E-state index contributed by atoms with van der Waals surface area (Å²) >= 11 is 12.5. The molecule has 0 saturated heterocycles. The van der Waals surface area contributed by atoms with Crippen LogP contribution in [0, 0.1) is 0 Å². The molecule has 0 aliphatic heterocycles. The van der Waals surface area contributed by atoms with Crippen LogP contribution in [-0.4, -0.2) is 28.3 Å². The Kier molecular flexibility index (Phi) is 6.16. The number of thioether (sulfide) groups is 1. The van der Waals surface area contributed by atoms with Crippen molar-refractivity contribution in [1.29, 1.82) is 0 Å². The number of alkyl halides is 3. The highest BCUT2D eigenvalue weighted by Gasteiger charge is 2.21. The Bertz CT molecular complexity index is 631. The molecule has 3 nitrogen and oxygen atoms in total. The van der Waals surface area contributed by atoms with E-state index in [1.807, 2.05) is 0 Å². The van der Waals surface area contributed by atoms with E-state index in [0.717, 1.165) is 11.8 Å². The standard InChI is InChI=1S/C13H9Cl2F3N2OS/c14-7-4-19-13(20-5-7)21-10-3-1-2-8(15)11(10)22-6-9(16)12(17)18/h1-5,9,12H,6H2. The molecule has 1 aromatic carbocycles. The molecule has 1 heterocycles. The second-order valence-corrected chi connectivity index (χ2v) is 5.89. The monoisotopic (exact) mass is 368 g/mol. The van der Waals surface area contributed by atoms with Crippen LogP contribution in [0.15, 0.2) is 35.5 Å². The summed E-state index contributed by atoms with van der Waals surface area (Å²) in [6.45, 7) is 0. The van der Waals surface area contributed by atoms with Gasteiger partial charge in [-0.25, -0.2) is 23.1 Å². The summed E-state index contributed by atoms with van der Waals surface area (Å²) < 4.78 is 43.0. The summed E-state index contributed by atoms with van der Waals surface area (Å²) in [6.07, 6.45) is -2.61. The first-order chi connectivity index (χ1) is 10.5. The van der Waals surface area contributed by atoms with Gasteiger partial charge in [-0.05, 0) is 12.1 Å². The zero-order valence-electron chi connectivity index (χ0n) is 10.8. The maximum absolute atomic E-state index is 13.1. The molecule has 1 unspecified atom stereocenters. The number of rotatable bonds is 6. The molecule has 2 aromatic rings. The minimum Gasteiger partial charge on any atom is -0.423 e. The molecule has 2 rings (SSSR count). The predicted molar refractivity (Wildman–Crippen MR) is 80.2 cm³/mol. The quantitative estimate of drug-likeness (QED) is 0.650. The van der Waals surface area contributed by atoms with Crippen molar-refractivity contribution in [1.82, 2.24) is 9.97 Å². The van der Waals surface area contributed by atoms with Gasteiger partial charge in [-0.1, -0.05) is 29.3 Å². The molecule has 9 heteroatoms. The Balaban J connectivity index is 2.17. The molecule has 0 amide bonds. The molecule has 1 atom stereocenters. The normalized spacial score (nSPS) is 12.5. The van der Waals surface area contributed by atoms with E-state index in [4.69, 9.17) is 27.9 Å². The van der Waals surface area contributed by atoms with Crippen molar-refractivity contribution in [2.75, 3.05) is 5.75 Å². The third-order valence-electron chi connectivity index (χ3n) is 2.39. The van der Waals surface area contributed by atoms with Gasteiger partial charge in [-0.15, -0.1) is 11.8 Å². The highest BCUT2D eigenvalue weighted by atomic mass is 35.5. The molecular weight excluding hydrogens is 360 g/mol. The zero-order valence-corrected chi connectivity index (χ0v) is 13.2. The average Bonchev–Trinajstić information content (AvgIpc) is 2.48. The van der Waals surface area contributed by atoms with Crippen LogP contribution < -0.4 is 4.74 Å². The van der Waals surface area contributed by atoms with Crippen LogP contribution in [0.3, 0.4) is 0 Å². The Hall–Kier alpha value is -1.18. The number of nitrogens with zero attached hydrogens (tertiary/aromatic N) is 2. The molecule has 1 aromatic heterocycles. The molecule has 0 bridgehead atoms. The third-order valence-corrected chi connectivity index (χ3v) is 4.21. The number of aromatic nitrogens is 2. The number of hydrogen-bond donors (Lipinski definition) is 0. The molecule has 0 aliphatic rings. The van der Waals surface area contributed by atoms with Gasteiger partial charge in [0.2, 0.25) is 0 Å². The molecule has 0 saturated carbocycles. The fourth-order valence-corrected chi connectivity index (χ4v) is 2.75. The topological polar surface area (TPSA) is 35.0 Å². The molecule has 0 radical (unpaired) electrons. The van der Waals surface area contributed by atoms with Gasteiger partial charge in [-0.3, -0.25) is 0 Å². The van der Waals surface area contributed by atoms with Crippen molar-refractivity contribution in [3.8, 4) is 11.8 Å². The van der Waals surface area contributed by atoms with Gasteiger partial charge < -0.3 is 4.74 Å². The van der Waals surface area contributed by atoms with Crippen molar-refractivity contribution in [3.05, 3.63) is 40.6 Å². The number of benzene rings is 1. The van der Waals surface area contributed by atoms with Crippen molar-refractivity contribution in [3.63, 3.8) is 0 Å². The lowest BCUT2D eigenvalue weighted by molar-refractivity contribution is 0.0628. The van der Waals surface area contributed by atoms with Crippen LogP contribution in [0.2, 0.25) is 10.0 Å². The van der Waals surface area contributed by atoms with Crippen molar-refractivity contribution in [2.24, 2.45) is 0 Å². The molecule has 0 fully saturated rings. The van der Waals surface area contributed by atoms with E-state index in [-0.39, 0.29) is 16.8 Å². The van der Waals surface area contributed by atoms with E-state index in [2.05, 4.69) is 9.97 Å². The highest BCUT2D eigenvalue weighted by Crippen LogP contribution is 2.38. The van der Waals surface area contributed by atoms with Crippen LogP contribution in [0.5, 0.6) is 11.8 Å². The molecule has 0 spiro atoms. The SMILES string of the molecule is FC(F)C(F)CSc1c(Cl)cccc1Oc1ncc(Cl)cn1. The molecule has 0 aliphatic carbocycles. The van der Waals surface area contributed by atoms with Crippen LogP contribution in [-0.2, 0) is 0 Å². The van der Waals surface area contributed by atoms with Gasteiger partial charge in [0, 0.05) is 5.75 Å². The summed E-state index contributed by atoms with van der Waals surface area (Å²) in [7, 11) is 0. The summed E-state index contributed by atoms with van der Waals surface area (Å²) in [5, 5.41) is 0.600. The first kappa shape index (κ1) is 17.2. The summed E-state index contributed by atoms with van der Waals surface area (Å²) in [5.41, 5.74) is 0. The first-order valence-electron chi connectivity index (χ1n) is 5.96. The lowest BCUT2D eigenvalue weighted by Gasteiger charge is -2.12. The minimum atomic E-state index is -3.04. The van der Waals surface area contributed by atoms with Gasteiger partial charge >= 0.3 is 6.01 Å². The van der Waals surface area contributed by atoms with E-state index >= 15 is 0 Å². The highest BCUT2D eigenvalue weighted by molar-refractivity contribution is 7.99. The summed E-state index contributed by atoms with van der Waals surface area (Å²) in [6, 6.07) is 4.73. The van der Waals surface area contributed by atoms with E-state index in [1.165, 1.54) is 12.4 Å². The fourth-order valence-electron chi connectivity index (χ4n) is 1.40. The largest absolute Gasteiger partial charge is 0.423 e. The van der Waals surface area contributed by atoms with Crippen molar-refractivity contribution < 1.29 is 17.9 Å². The Morgan fingerprint density at radius 1 is 1.14 bits per heavy atom. The molecule has 22 heavy (non-hydrogen) atoms.